The third-order valence-corrected chi connectivity index (χ3v) is 4.30. The van der Waals surface area contributed by atoms with E-state index in [1.165, 1.54) is 32.1 Å². The van der Waals surface area contributed by atoms with Crippen LogP contribution in [0.5, 0.6) is 0 Å². The first-order valence-corrected chi connectivity index (χ1v) is 6.14. The predicted molar refractivity (Wildman–Crippen MR) is 61.0 cm³/mol. The maximum Gasteiger partial charge on any atom is -0.00203 e. The molecule has 14 heavy (non-hydrogen) atoms. The van der Waals surface area contributed by atoms with Gasteiger partial charge in [0.2, 0.25) is 0 Å². The van der Waals surface area contributed by atoms with Gasteiger partial charge in [0.15, 0.2) is 0 Å². The lowest BCUT2D eigenvalue weighted by Crippen LogP contribution is -2.30. The zero-order valence-electron chi connectivity index (χ0n) is 9.97. The Kier molecular flexibility index (Phi) is 2.42. The van der Waals surface area contributed by atoms with Crippen molar-refractivity contribution in [2.45, 2.75) is 52.9 Å². The van der Waals surface area contributed by atoms with Crippen LogP contribution < -0.4 is 5.73 Å². The highest BCUT2D eigenvalue weighted by atomic mass is 14.7. The topological polar surface area (TPSA) is 26.0 Å². The third-order valence-electron chi connectivity index (χ3n) is 4.30. The molecule has 2 saturated carbocycles. The quantitative estimate of drug-likeness (QED) is 0.735. The van der Waals surface area contributed by atoms with E-state index in [9.17, 15) is 0 Å². The molecule has 1 nitrogen and oxygen atoms in total. The van der Waals surface area contributed by atoms with Crippen LogP contribution in [0.25, 0.3) is 0 Å². The minimum absolute atomic E-state index is 0.481. The van der Waals surface area contributed by atoms with E-state index in [1.807, 2.05) is 0 Å². The molecule has 0 spiro atoms. The molecule has 82 valence electrons. The Bertz CT molecular complexity index is 204. The largest absolute Gasteiger partial charge is 0.330 e. The first-order chi connectivity index (χ1) is 6.44. The molecule has 2 unspecified atom stereocenters. The van der Waals surface area contributed by atoms with Crippen molar-refractivity contribution in [1.82, 2.24) is 0 Å². The Labute approximate surface area is 88.4 Å². The van der Waals surface area contributed by atoms with Gasteiger partial charge >= 0.3 is 0 Å². The van der Waals surface area contributed by atoms with Crippen molar-refractivity contribution in [3.8, 4) is 0 Å². The first-order valence-electron chi connectivity index (χ1n) is 6.14. The molecule has 2 N–H and O–H groups in total. The van der Waals surface area contributed by atoms with E-state index < -0.39 is 0 Å². The minimum atomic E-state index is 0.481. The van der Waals surface area contributed by atoms with Crippen LogP contribution in [-0.4, -0.2) is 6.54 Å². The van der Waals surface area contributed by atoms with Crippen molar-refractivity contribution in [3.63, 3.8) is 0 Å². The number of hydrogen-bond acceptors (Lipinski definition) is 1. The normalized spacial score (nSPS) is 41.1. The fourth-order valence-electron chi connectivity index (χ4n) is 3.12. The molecule has 0 aromatic heterocycles. The summed E-state index contributed by atoms with van der Waals surface area (Å²) in [6.45, 7) is 7.95. The van der Waals surface area contributed by atoms with E-state index in [4.69, 9.17) is 5.73 Å². The molecule has 0 saturated heterocycles. The van der Waals surface area contributed by atoms with Gasteiger partial charge in [0, 0.05) is 0 Å². The third kappa shape index (κ3) is 2.13. The molecule has 0 aliphatic heterocycles. The molecule has 0 amide bonds. The molecule has 2 aliphatic rings. The van der Waals surface area contributed by atoms with E-state index in [1.54, 1.807) is 0 Å². The number of nitrogens with two attached hydrogens (primary N) is 1. The average Bonchev–Trinajstić information content (AvgIpc) is 2.70. The maximum absolute atomic E-state index is 5.98. The van der Waals surface area contributed by atoms with Crippen molar-refractivity contribution in [2.75, 3.05) is 6.54 Å². The van der Waals surface area contributed by atoms with Crippen molar-refractivity contribution in [3.05, 3.63) is 0 Å². The summed E-state index contributed by atoms with van der Waals surface area (Å²) in [5.74, 6) is 2.14. The van der Waals surface area contributed by atoms with E-state index in [0.717, 1.165) is 18.4 Å². The summed E-state index contributed by atoms with van der Waals surface area (Å²) in [5, 5.41) is 0. The van der Waals surface area contributed by atoms with E-state index in [0.29, 0.717) is 10.8 Å². The molecule has 2 rings (SSSR count). The zero-order chi connectivity index (χ0) is 10.4. The molecule has 2 aliphatic carbocycles. The molecular formula is C13H25N. The molecule has 1 heteroatoms. The van der Waals surface area contributed by atoms with Gasteiger partial charge in [-0.2, -0.15) is 0 Å². The van der Waals surface area contributed by atoms with Crippen LogP contribution in [0.1, 0.15) is 52.9 Å². The van der Waals surface area contributed by atoms with Gasteiger partial charge in [0.05, 0.1) is 0 Å². The highest BCUT2D eigenvalue weighted by molar-refractivity contribution is 5.03. The van der Waals surface area contributed by atoms with Gasteiger partial charge in [-0.3, -0.25) is 0 Å². The Morgan fingerprint density at radius 1 is 1.21 bits per heavy atom. The number of rotatable bonds is 3. The standard InChI is InChI=1S/C13H25N/c1-12(2,3)4-5-13(9-14)7-10-6-11(10)8-13/h10-11H,4-9,14H2,1-3H3. The molecule has 2 fully saturated rings. The molecule has 2 atom stereocenters. The van der Waals surface area contributed by atoms with Crippen LogP contribution in [0.15, 0.2) is 0 Å². The lowest BCUT2D eigenvalue weighted by Gasteiger charge is -2.32. The average molecular weight is 195 g/mol. The predicted octanol–water partition coefficient (Wildman–Crippen LogP) is 3.19. The van der Waals surface area contributed by atoms with E-state index >= 15 is 0 Å². The highest BCUT2D eigenvalue weighted by Gasteiger charge is 2.52. The molecule has 0 bridgehead atoms. The first kappa shape index (κ1) is 10.5. The van der Waals surface area contributed by atoms with Crippen LogP contribution in [0.4, 0.5) is 0 Å². The summed E-state index contributed by atoms with van der Waals surface area (Å²) in [6, 6.07) is 0. The van der Waals surface area contributed by atoms with Crippen LogP contribution in [-0.2, 0) is 0 Å². The lowest BCUT2D eigenvalue weighted by atomic mass is 9.74. The lowest BCUT2D eigenvalue weighted by molar-refractivity contribution is 0.205. The van der Waals surface area contributed by atoms with Gasteiger partial charge in [-0.25, -0.2) is 0 Å². The molecule has 0 aromatic rings. The molecule has 0 heterocycles. The second-order valence-electron chi connectivity index (χ2n) is 6.93. The van der Waals surface area contributed by atoms with Crippen molar-refractivity contribution < 1.29 is 0 Å². The maximum atomic E-state index is 5.98. The van der Waals surface area contributed by atoms with Gasteiger partial charge in [-0.05, 0) is 61.3 Å². The van der Waals surface area contributed by atoms with Gasteiger partial charge in [-0.1, -0.05) is 20.8 Å². The Balaban J connectivity index is 1.87. The zero-order valence-corrected chi connectivity index (χ0v) is 9.97. The number of hydrogen-bond donors (Lipinski definition) is 1. The molecule has 0 radical (unpaired) electrons. The van der Waals surface area contributed by atoms with Crippen LogP contribution in [0.2, 0.25) is 0 Å². The summed E-state index contributed by atoms with van der Waals surface area (Å²) >= 11 is 0. The fourth-order valence-corrected chi connectivity index (χ4v) is 3.12. The minimum Gasteiger partial charge on any atom is -0.330 e. The summed E-state index contributed by atoms with van der Waals surface area (Å²) < 4.78 is 0. The fraction of sp³-hybridized carbons (Fsp3) is 1.00. The summed E-state index contributed by atoms with van der Waals surface area (Å²) in [5.41, 5.74) is 7.00. The molecular weight excluding hydrogens is 170 g/mol. The second kappa shape index (κ2) is 3.23. The van der Waals surface area contributed by atoms with Crippen molar-refractivity contribution in [2.24, 2.45) is 28.4 Å². The van der Waals surface area contributed by atoms with Crippen LogP contribution >= 0.6 is 0 Å². The summed E-state index contributed by atoms with van der Waals surface area (Å²) in [4.78, 5) is 0. The van der Waals surface area contributed by atoms with Gasteiger partial charge in [-0.15, -0.1) is 0 Å². The van der Waals surface area contributed by atoms with Crippen molar-refractivity contribution >= 4 is 0 Å². The monoisotopic (exact) mass is 195 g/mol. The summed E-state index contributed by atoms with van der Waals surface area (Å²) in [6.07, 6.45) is 7.08. The summed E-state index contributed by atoms with van der Waals surface area (Å²) in [7, 11) is 0. The second-order valence-corrected chi connectivity index (χ2v) is 6.93. The Morgan fingerprint density at radius 3 is 2.21 bits per heavy atom. The van der Waals surface area contributed by atoms with Gasteiger partial charge in [0.25, 0.3) is 0 Å². The van der Waals surface area contributed by atoms with E-state index in [2.05, 4.69) is 20.8 Å². The van der Waals surface area contributed by atoms with Gasteiger partial charge < -0.3 is 5.73 Å². The molecule has 0 aromatic carbocycles. The van der Waals surface area contributed by atoms with Crippen molar-refractivity contribution in [1.29, 1.82) is 0 Å². The van der Waals surface area contributed by atoms with E-state index in [-0.39, 0.29) is 0 Å². The van der Waals surface area contributed by atoms with Crippen LogP contribution in [0, 0.1) is 22.7 Å². The Hall–Kier alpha value is -0.0400. The van der Waals surface area contributed by atoms with Crippen LogP contribution in [0.3, 0.4) is 0 Å². The van der Waals surface area contributed by atoms with Gasteiger partial charge in [0.1, 0.15) is 0 Å². The SMILES string of the molecule is CC(C)(C)CCC1(CN)CC2CC2C1. The number of fused-ring (bicyclic) bond motifs is 1. The smallest absolute Gasteiger partial charge is 0.00203 e. The highest BCUT2D eigenvalue weighted by Crippen LogP contribution is 2.61. The Morgan fingerprint density at radius 2 is 1.79 bits per heavy atom.